The van der Waals surface area contributed by atoms with Crippen molar-refractivity contribution in [2.75, 3.05) is 0 Å². The Balaban J connectivity index is 2.80. The number of carbonyl (C=O) groups excluding carboxylic acids is 1. The molecule has 0 aliphatic heterocycles. The van der Waals surface area contributed by atoms with Crippen LogP contribution in [0, 0.1) is 0 Å². The zero-order valence-electron chi connectivity index (χ0n) is 8.71. The molecule has 7 nitrogen and oxygen atoms in total. The molecule has 0 unspecified atom stereocenters. The lowest BCUT2D eigenvalue weighted by atomic mass is 10.2. The third kappa shape index (κ3) is 4.09. The summed E-state index contributed by atoms with van der Waals surface area (Å²) >= 11 is 0. The van der Waals surface area contributed by atoms with Crippen LogP contribution in [0.25, 0.3) is 27.0 Å². The number of nitrogens with zero attached hydrogens (tertiary/aromatic N) is 6. The summed E-state index contributed by atoms with van der Waals surface area (Å²) in [6.45, 7) is 0. The zero-order chi connectivity index (χ0) is 12.5. The predicted octanol–water partition coefficient (Wildman–Crippen LogP) is 3.22. The maximum atomic E-state index is 11.5. The Kier molecular flexibility index (Phi) is 4.84. The van der Waals surface area contributed by atoms with Crippen LogP contribution in [0.3, 0.4) is 0 Å². The summed E-state index contributed by atoms with van der Waals surface area (Å²) in [5, 5.41) is 6.17. The maximum Gasteiger partial charge on any atom is 0.178 e. The molecule has 1 rings (SSSR count). The fraction of sp³-hybridized carbons (Fsp3) is 0.100. The van der Waals surface area contributed by atoms with Crippen LogP contribution in [0.4, 0.5) is 0 Å². The normalized spacial score (nSPS) is 11.3. The topological polar surface area (TPSA) is 115 Å². The van der Waals surface area contributed by atoms with Crippen LogP contribution >= 0.6 is 0 Å². The lowest BCUT2D eigenvalue weighted by Gasteiger charge is -1.97. The van der Waals surface area contributed by atoms with Gasteiger partial charge < -0.3 is 0 Å². The fourth-order valence-electron chi connectivity index (χ4n) is 1.06. The van der Waals surface area contributed by atoms with E-state index in [1.165, 1.54) is 6.08 Å². The van der Waals surface area contributed by atoms with Crippen LogP contribution in [0.15, 0.2) is 46.6 Å². The molecule has 0 aliphatic carbocycles. The lowest BCUT2D eigenvalue weighted by Crippen LogP contribution is -2.11. The van der Waals surface area contributed by atoms with Crippen molar-refractivity contribution in [2.24, 2.45) is 10.2 Å². The Bertz CT molecular complexity index is 493. The number of hydrogen-bond acceptors (Lipinski definition) is 3. The van der Waals surface area contributed by atoms with Gasteiger partial charge in [-0.1, -0.05) is 46.6 Å². The molecule has 0 spiro atoms. The zero-order valence-corrected chi connectivity index (χ0v) is 8.71. The first kappa shape index (κ1) is 12.3. The molecular weight excluding hydrogens is 220 g/mol. The van der Waals surface area contributed by atoms with Crippen LogP contribution in [-0.2, 0) is 4.79 Å². The second-order valence-corrected chi connectivity index (χ2v) is 2.93. The Hall–Kier alpha value is -2.75. The van der Waals surface area contributed by atoms with Gasteiger partial charge in [0.2, 0.25) is 0 Å². The van der Waals surface area contributed by atoms with Gasteiger partial charge in [-0.3, -0.25) is 4.79 Å². The number of rotatable bonds is 5. The van der Waals surface area contributed by atoms with Crippen molar-refractivity contribution in [3.63, 3.8) is 0 Å². The highest BCUT2D eigenvalue weighted by atomic mass is 16.1. The van der Waals surface area contributed by atoms with Gasteiger partial charge in [-0.05, 0) is 22.7 Å². The monoisotopic (exact) mass is 228 g/mol. The summed E-state index contributed by atoms with van der Waals surface area (Å²) in [5.41, 5.74) is 17.2. The molecular formula is C10H8N6O. The number of azide groups is 1. The average molecular weight is 228 g/mol. The first-order valence-corrected chi connectivity index (χ1v) is 4.63. The number of benzene rings is 1. The van der Waals surface area contributed by atoms with Gasteiger partial charge in [-0.15, -0.1) is 0 Å². The Morgan fingerprint density at radius 1 is 1.18 bits per heavy atom. The summed E-state index contributed by atoms with van der Waals surface area (Å²) in [4.78, 5) is 16.4. The molecule has 0 saturated carbocycles. The molecule has 0 saturated heterocycles. The molecule has 0 N–H and O–H groups in total. The van der Waals surface area contributed by atoms with Crippen molar-refractivity contribution in [1.82, 2.24) is 0 Å². The summed E-state index contributed by atoms with van der Waals surface area (Å²) in [6.07, 6.45) is 1.39. The minimum atomic E-state index is -1.37. The van der Waals surface area contributed by atoms with Crippen LogP contribution in [-0.4, -0.2) is 11.9 Å². The predicted molar refractivity (Wildman–Crippen MR) is 62.6 cm³/mol. The van der Waals surface area contributed by atoms with Crippen LogP contribution in [0.5, 0.6) is 0 Å². The van der Waals surface area contributed by atoms with Gasteiger partial charge in [-0.25, -0.2) is 0 Å². The van der Waals surface area contributed by atoms with E-state index in [2.05, 4.69) is 20.1 Å². The third-order valence-electron chi connectivity index (χ3n) is 1.82. The van der Waals surface area contributed by atoms with Crippen molar-refractivity contribution in [2.45, 2.75) is 6.17 Å². The van der Waals surface area contributed by atoms with Gasteiger partial charge in [0.05, 0.1) is 0 Å². The Morgan fingerprint density at radius 3 is 2.29 bits per heavy atom. The van der Waals surface area contributed by atoms with Crippen molar-refractivity contribution < 1.29 is 4.79 Å². The third-order valence-corrected chi connectivity index (χ3v) is 1.82. The minimum absolute atomic E-state index is 0.565. The first-order valence-electron chi connectivity index (χ1n) is 4.63. The smallest absolute Gasteiger partial charge is 0.178 e. The van der Waals surface area contributed by atoms with Crippen LogP contribution in [0.2, 0.25) is 0 Å². The highest BCUT2D eigenvalue weighted by Crippen LogP contribution is 2.04. The van der Waals surface area contributed by atoms with Crippen molar-refractivity contribution in [1.29, 1.82) is 0 Å². The largest absolute Gasteiger partial charge is 0.294 e. The van der Waals surface area contributed by atoms with E-state index in [4.69, 9.17) is 11.1 Å². The number of ketones is 1. The Morgan fingerprint density at radius 2 is 1.76 bits per heavy atom. The molecule has 0 radical (unpaired) electrons. The number of hydrogen-bond donors (Lipinski definition) is 0. The average Bonchev–Trinajstić information content (AvgIpc) is 2.37. The van der Waals surface area contributed by atoms with Crippen molar-refractivity contribution in [3.8, 4) is 0 Å². The fourth-order valence-corrected chi connectivity index (χ4v) is 1.06. The molecule has 17 heavy (non-hydrogen) atoms. The first-order chi connectivity index (χ1) is 8.27. The molecule has 0 fully saturated rings. The summed E-state index contributed by atoms with van der Waals surface area (Å²) in [6, 6.07) is 9.10. The van der Waals surface area contributed by atoms with Crippen LogP contribution < -0.4 is 0 Å². The van der Waals surface area contributed by atoms with Crippen LogP contribution in [0.1, 0.15) is 5.56 Å². The lowest BCUT2D eigenvalue weighted by molar-refractivity contribution is -0.115. The van der Waals surface area contributed by atoms with E-state index >= 15 is 0 Å². The highest BCUT2D eigenvalue weighted by Gasteiger charge is 2.10. The molecule has 7 heteroatoms. The minimum Gasteiger partial charge on any atom is -0.294 e. The molecule has 0 atom stereocenters. The quantitative estimate of drug-likeness (QED) is 0.327. The Labute approximate surface area is 96.6 Å². The van der Waals surface area contributed by atoms with Gasteiger partial charge in [0.15, 0.2) is 11.9 Å². The molecule has 1 aromatic carbocycles. The van der Waals surface area contributed by atoms with E-state index in [1.54, 1.807) is 18.2 Å². The van der Waals surface area contributed by atoms with E-state index in [9.17, 15) is 4.79 Å². The van der Waals surface area contributed by atoms with Crippen molar-refractivity contribution >= 4 is 11.9 Å². The molecule has 84 valence electrons. The molecule has 1 aromatic rings. The molecule has 0 aromatic heterocycles. The molecule has 0 amide bonds. The SMILES string of the molecule is [N-]=[N+]=NC(N=[N+]=[N-])C(=O)C=Cc1ccccc1. The summed E-state index contributed by atoms with van der Waals surface area (Å²) in [7, 11) is 0. The van der Waals surface area contributed by atoms with E-state index < -0.39 is 11.9 Å². The van der Waals surface area contributed by atoms with Gasteiger partial charge in [0, 0.05) is 9.82 Å². The molecule has 0 aliphatic rings. The van der Waals surface area contributed by atoms with Gasteiger partial charge in [0.1, 0.15) is 0 Å². The molecule has 0 bridgehead atoms. The molecule has 0 heterocycles. The second kappa shape index (κ2) is 6.68. The summed E-state index contributed by atoms with van der Waals surface area (Å²) < 4.78 is 0. The van der Waals surface area contributed by atoms with E-state index in [0.717, 1.165) is 5.56 Å². The van der Waals surface area contributed by atoms with Gasteiger partial charge >= 0.3 is 0 Å². The van der Waals surface area contributed by atoms with E-state index in [1.807, 2.05) is 18.2 Å². The summed E-state index contributed by atoms with van der Waals surface area (Å²) in [5.74, 6) is -0.565. The number of carbonyl (C=O) groups is 1. The highest BCUT2D eigenvalue weighted by molar-refractivity contribution is 5.97. The standard InChI is InChI=1S/C10H8N6O/c11-15-13-10(14-16-12)9(17)7-6-8-4-2-1-3-5-8/h1-7,10H. The van der Waals surface area contributed by atoms with Gasteiger partial charge in [0.25, 0.3) is 0 Å². The van der Waals surface area contributed by atoms with Gasteiger partial charge in [-0.2, -0.15) is 0 Å². The van der Waals surface area contributed by atoms with E-state index in [-0.39, 0.29) is 0 Å². The maximum absolute atomic E-state index is 11.5. The van der Waals surface area contributed by atoms with Crippen molar-refractivity contribution in [3.05, 3.63) is 62.9 Å². The second-order valence-electron chi connectivity index (χ2n) is 2.93. The van der Waals surface area contributed by atoms with E-state index in [0.29, 0.717) is 0 Å².